The monoisotopic (exact) mass is 240 g/mol. The van der Waals surface area contributed by atoms with Crippen molar-refractivity contribution in [3.63, 3.8) is 0 Å². The number of aliphatic hydroxyl groups is 1. The topological polar surface area (TPSA) is 99.3 Å². The number of aromatic nitrogens is 1. The quantitative estimate of drug-likeness (QED) is 0.582. The molecular weight excluding hydrogens is 220 g/mol. The van der Waals surface area contributed by atoms with Crippen molar-refractivity contribution >= 4 is 5.97 Å². The van der Waals surface area contributed by atoms with Crippen LogP contribution in [0, 0.1) is 13.8 Å². The number of hydrogen-bond donors (Lipinski definition) is 4. The smallest absolute Gasteiger partial charge is 0.303 e. The van der Waals surface area contributed by atoms with Gasteiger partial charge in [0.25, 0.3) is 0 Å². The highest BCUT2D eigenvalue weighted by molar-refractivity contribution is 5.67. The van der Waals surface area contributed by atoms with E-state index in [1.807, 2.05) is 13.8 Å². The molecule has 0 saturated heterocycles. The molecule has 17 heavy (non-hydrogen) atoms. The van der Waals surface area contributed by atoms with E-state index in [2.05, 4.69) is 4.98 Å². The summed E-state index contributed by atoms with van der Waals surface area (Å²) in [7, 11) is 0. The minimum atomic E-state index is -0.793. The summed E-state index contributed by atoms with van der Waals surface area (Å²) in [6.45, 7) is 3.83. The van der Waals surface area contributed by atoms with E-state index >= 15 is 0 Å². The molecule has 5 heteroatoms. The van der Waals surface area contributed by atoms with Crippen LogP contribution in [-0.2, 0) is 17.6 Å². The van der Waals surface area contributed by atoms with Gasteiger partial charge in [-0.25, -0.2) is 0 Å². The number of H-pyrrole nitrogens is 1. The fourth-order valence-corrected chi connectivity index (χ4v) is 2.00. The first kappa shape index (κ1) is 13.7. The molecule has 0 bridgehead atoms. The van der Waals surface area contributed by atoms with Crippen molar-refractivity contribution in [2.45, 2.75) is 39.2 Å². The Morgan fingerprint density at radius 2 is 2.12 bits per heavy atom. The second-order valence-electron chi connectivity index (χ2n) is 4.37. The predicted octanol–water partition coefficient (Wildman–Crippen LogP) is 0.511. The number of nitrogens with one attached hydrogen (secondary N) is 1. The second-order valence-corrected chi connectivity index (χ2v) is 4.37. The number of aromatic amines is 1. The highest BCUT2D eigenvalue weighted by atomic mass is 16.4. The van der Waals surface area contributed by atoms with Crippen molar-refractivity contribution in [2.75, 3.05) is 6.61 Å². The highest BCUT2D eigenvalue weighted by Crippen LogP contribution is 2.20. The zero-order valence-electron chi connectivity index (χ0n) is 10.3. The van der Waals surface area contributed by atoms with E-state index in [-0.39, 0.29) is 19.1 Å². The van der Waals surface area contributed by atoms with Crippen molar-refractivity contribution in [1.82, 2.24) is 4.98 Å². The van der Waals surface area contributed by atoms with Crippen LogP contribution in [0.1, 0.15) is 28.9 Å². The lowest BCUT2D eigenvalue weighted by Crippen LogP contribution is -2.27. The van der Waals surface area contributed by atoms with Gasteiger partial charge < -0.3 is 20.9 Å². The molecule has 0 spiro atoms. The van der Waals surface area contributed by atoms with E-state index in [9.17, 15) is 4.79 Å². The molecule has 1 aromatic rings. The Balaban J connectivity index is 2.82. The molecule has 1 aromatic heterocycles. The summed E-state index contributed by atoms with van der Waals surface area (Å²) in [5.74, 6) is -0.793. The Hall–Kier alpha value is -1.33. The molecule has 5 N–H and O–H groups in total. The molecular formula is C12H20N2O3. The molecule has 0 fully saturated rings. The first-order chi connectivity index (χ1) is 7.95. The van der Waals surface area contributed by atoms with Gasteiger partial charge in [-0.3, -0.25) is 4.79 Å². The summed E-state index contributed by atoms with van der Waals surface area (Å²) in [5.41, 5.74) is 9.78. The van der Waals surface area contributed by atoms with E-state index in [4.69, 9.17) is 15.9 Å². The molecule has 0 aliphatic rings. The molecule has 0 aliphatic carbocycles. The van der Waals surface area contributed by atoms with Crippen LogP contribution in [0.25, 0.3) is 0 Å². The fourth-order valence-electron chi connectivity index (χ4n) is 2.00. The van der Waals surface area contributed by atoms with Crippen LogP contribution < -0.4 is 5.73 Å². The van der Waals surface area contributed by atoms with Gasteiger partial charge in [0.05, 0.1) is 6.61 Å². The molecule has 1 rings (SSSR count). The third kappa shape index (κ3) is 3.57. The Labute approximate surface area is 101 Å². The standard InChI is InChI=1S/C12H20N2O3/c1-7-10(3-4-12(16)17)8(2)14-11(7)5-9(13)6-15/h9,14-15H,3-6,13H2,1-2H3,(H,16,17). The lowest BCUT2D eigenvalue weighted by molar-refractivity contribution is -0.136. The number of hydrogen-bond acceptors (Lipinski definition) is 3. The van der Waals surface area contributed by atoms with Crippen LogP contribution in [0.4, 0.5) is 0 Å². The van der Waals surface area contributed by atoms with Crippen molar-refractivity contribution in [3.05, 3.63) is 22.5 Å². The summed E-state index contributed by atoms with van der Waals surface area (Å²) < 4.78 is 0. The number of carboxylic acid groups (broad SMARTS) is 1. The van der Waals surface area contributed by atoms with Crippen LogP contribution in [0.2, 0.25) is 0 Å². The number of nitrogens with two attached hydrogens (primary N) is 1. The van der Waals surface area contributed by atoms with E-state index in [1.165, 1.54) is 0 Å². The zero-order chi connectivity index (χ0) is 13.0. The summed E-state index contributed by atoms with van der Waals surface area (Å²) >= 11 is 0. The van der Waals surface area contributed by atoms with Crippen molar-refractivity contribution in [2.24, 2.45) is 5.73 Å². The molecule has 1 unspecified atom stereocenters. The number of aliphatic hydroxyl groups excluding tert-OH is 1. The van der Waals surface area contributed by atoms with E-state index in [0.29, 0.717) is 12.8 Å². The van der Waals surface area contributed by atoms with Gasteiger partial charge in [-0.05, 0) is 31.4 Å². The van der Waals surface area contributed by atoms with Crippen molar-refractivity contribution < 1.29 is 15.0 Å². The third-order valence-electron chi connectivity index (χ3n) is 2.99. The first-order valence-electron chi connectivity index (χ1n) is 5.70. The van der Waals surface area contributed by atoms with Gasteiger partial charge in [0.15, 0.2) is 0 Å². The lowest BCUT2D eigenvalue weighted by atomic mass is 10.0. The number of rotatable bonds is 6. The molecule has 1 atom stereocenters. The zero-order valence-corrected chi connectivity index (χ0v) is 10.3. The summed E-state index contributed by atoms with van der Waals surface area (Å²) in [4.78, 5) is 13.8. The van der Waals surface area contributed by atoms with Crippen LogP contribution in [-0.4, -0.2) is 33.8 Å². The van der Waals surface area contributed by atoms with Gasteiger partial charge in [-0.1, -0.05) is 0 Å². The van der Waals surface area contributed by atoms with Gasteiger partial charge in [-0.2, -0.15) is 0 Å². The van der Waals surface area contributed by atoms with Gasteiger partial charge in [0.2, 0.25) is 0 Å². The van der Waals surface area contributed by atoms with Crippen LogP contribution >= 0.6 is 0 Å². The Bertz CT molecular complexity index is 399. The predicted molar refractivity (Wildman–Crippen MR) is 65.0 cm³/mol. The minimum absolute atomic E-state index is 0.0536. The van der Waals surface area contributed by atoms with Gasteiger partial charge in [0.1, 0.15) is 0 Å². The Kier molecular flexibility index (Phi) is 4.72. The molecule has 0 radical (unpaired) electrons. The molecule has 0 aliphatic heterocycles. The van der Waals surface area contributed by atoms with Crippen molar-refractivity contribution in [1.29, 1.82) is 0 Å². The van der Waals surface area contributed by atoms with Gasteiger partial charge in [-0.15, -0.1) is 0 Å². The number of aryl methyl sites for hydroxylation is 1. The van der Waals surface area contributed by atoms with Crippen molar-refractivity contribution in [3.8, 4) is 0 Å². The molecule has 0 amide bonds. The normalized spacial score (nSPS) is 12.7. The maximum Gasteiger partial charge on any atom is 0.303 e. The fraction of sp³-hybridized carbons (Fsp3) is 0.583. The van der Waals surface area contributed by atoms with Crippen LogP contribution in [0.5, 0.6) is 0 Å². The lowest BCUT2D eigenvalue weighted by Gasteiger charge is -2.07. The van der Waals surface area contributed by atoms with E-state index in [1.54, 1.807) is 0 Å². The summed E-state index contributed by atoms with van der Waals surface area (Å²) in [6.07, 6.45) is 1.24. The van der Waals surface area contributed by atoms with E-state index in [0.717, 1.165) is 22.5 Å². The SMILES string of the molecule is Cc1[nH]c(CC(N)CO)c(C)c1CCC(=O)O. The van der Waals surface area contributed by atoms with Crippen LogP contribution in [0.15, 0.2) is 0 Å². The molecule has 96 valence electrons. The maximum atomic E-state index is 10.6. The molecule has 5 nitrogen and oxygen atoms in total. The van der Waals surface area contributed by atoms with Crippen LogP contribution in [0.3, 0.4) is 0 Å². The van der Waals surface area contributed by atoms with Gasteiger partial charge in [0, 0.05) is 30.3 Å². The molecule has 0 saturated carbocycles. The average Bonchev–Trinajstić information content (AvgIpc) is 2.51. The number of aliphatic carboxylic acids is 1. The number of carbonyl (C=O) groups is 1. The summed E-state index contributed by atoms with van der Waals surface area (Å²) in [6, 6.07) is -0.279. The molecule has 0 aromatic carbocycles. The highest BCUT2D eigenvalue weighted by Gasteiger charge is 2.14. The minimum Gasteiger partial charge on any atom is -0.481 e. The Morgan fingerprint density at radius 3 is 2.65 bits per heavy atom. The summed E-state index contributed by atoms with van der Waals surface area (Å²) in [5, 5.41) is 17.6. The largest absolute Gasteiger partial charge is 0.481 e. The van der Waals surface area contributed by atoms with Gasteiger partial charge >= 0.3 is 5.97 Å². The molecule has 1 heterocycles. The second kappa shape index (κ2) is 5.84. The Morgan fingerprint density at radius 1 is 1.47 bits per heavy atom. The maximum absolute atomic E-state index is 10.6. The number of carboxylic acids is 1. The van der Waals surface area contributed by atoms with E-state index < -0.39 is 5.97 Å². The average molecular weight is 240 g/mol. The first-order valence-corrected chi connectivity index (χ1v) is 5.70. The third-order valence-corrected chi connectivity index (χ3v) is 2.99.